The quantitative estimate of drug-likeness (QED) is 0.802. The molecular weight excluding hydrogens is 318 g/mol. The standard InChI is InChI=1S/C16H16BrNO2/c17-13-6-4-9-15(12-13)20-11-5-10-16(19)18-14-7-2-1-3-8-14/h1-4,6-9,12H,5,10-11H2,(H,18,19). The van der Waals surface area contributed by atoms with Gasteiger partial charge in [-0.3, -0.25) is 4.79 Å². The van der Waals surface area contributed by atoms with Gasteiger partial charge in [0.25, 0.3) is 0 Å². The summed E-state index contributed by atoms with van der Waals surface area (Å²) in [6.07, 6.45) is 1.13. The topological polar surface area (TPSA) is 38.3 Å². The zero-order valence-corrected chi connectivity index (χ0v) is 12.6. The van der Waals surface area contributed by atoms with E-state index in [4.69, 9.17) is 4.74 Å². The minimum Gasteiger partial charge on any atom is -0.494 e. The van der Waals surface area contributed by atoms with E-state index in [1.54, 1.807) is 0 Å². The van der Waals surface area contributed by atoms with E-state index in [1.165, 1.54) is 0 Å². The lowest BCUT2D eigenvalue weighted by Crippen LogP contribution is -2.12. The Labute approximate surface area is 127 Å². The first kappa shape index (κ1) is 14.6. The van der Waals surface area contributed by atoms with E-state index in [-0.39, 0.29) is 5.91 Å². The molecule has 0 saturated heterocycles. The van der Waals surface area contributed by atoms with E-state index in [0.29, 0.717) is 19.4 Å². The van der Waals surface area contributed by atoms with E-state index in [9.17, 15) is 4.79 Å². The monoisotopic (exact) mass is 333 g/mol. The number of benzene rings is 2. The molecule has 0 aliphatic heterocycles. The Kier molecular flexibility index (Phi) is 5.62. The van der Waals surface area contributed by atoms with Gasteiger partial charge in [-0.05, 0) is 36.8 Å². The lowest BCUT2D eigenvalue weighted by Gasteiger charge is -2.07. The molecule has 0 aromatic heterocycles. The number of para-hydroxylation sites is 1. The highest BCUT2D eigenvalue weighted by Crippen LogP contribution is 2.17. The smallest absolute Gasteiger partial charge is 0.224 e. The van der Waals surface area contributed by atoms with Crippen molar-refractivity contribution in [3.63, 3.8) is 0 Å². The number of nitrogens with one attached hydrogen (secondary N) is 1. The van der Waals surface area contributed by atoms with Crippen molar-refractivity contribution < 1.29 is 9.53 Å². The fourth-order valence-corrected chi connectivity index (χ4v) is 2.10. The van der Waals surface area contributed by atoms with E-state index in [1.807, 2.05) is 54.6 Å². The fraction of sp³-hybridized carbons (Fsp3) is 0.188. The SMILES string of the molecule is O=C(CCCOc1cccc(Br)c1)Nc1ccccc1. The molecule has 0 saturated carbocycles. The van der Waals surface area contributed by atoms with Crippen LogP contribution in [-0.4, -0.2) is 12.5 Å². The fourth-order valence-electron chi connectivity index (χ4n) is 1.72. The third-order valence-electron chi connectivity index (χ3n) is 2.67. The van der Waals surface area contributed by atoms with E-state index >= 15 is 0 Å². The summed E-state index contributed by atoms with van der Waals surface area (Å²) < 4.78 is 6.56. The van der Waals surface area contributed by atoms with Crippen LogP contribution in [0.2, 0.25) is 0 Å². The normalized spacial score (nSPS) is 10.1. The first-order valence-electron chi connectivity index (χ1n) is 6.47. The van der Waals surface area contributed by atoms with Crippen LogP contribution in [0.1, 0.15) is 12.8 Å². The van der Waals surface area contributed by atoms with Crippen LogP contribution >= 0.6 is 15.9 Å². The largest absolute Gasteiger partial charge is 0.494 e. The predicted octanol–water partition coefficient (Wildman–Crippen LogP) is 4.25. The molecule has 0 radical (unpaired) electrons. The van der Waals surface area contributed by atoms with Gasteiger partial charge in [-0.15, -0.1) is 0 Å². The second kappa shape index (κ2) is 7.70. The Bertz CT molecular complexity index is 557. The highest BCUT2D eigenvalue weighted by Gasteiger charge is 2.02. The van der Waals surface area contributed by atoms with Crippen molar-refractivity contribution in [3.8, 4) is 5.75 Å². The average molecular weight is 334 g/mol. The minimum absolute atomic E-state index is 0.00837. The van der Waals surface area contributed by atoms with E-state index < -0.39 is 0 Å². The van der Waals surface area contributed by atoms with Crippen LogP contribution in [0.4, 0.5) is 5.69 Å². The van der Waals surface area contributed by atoms with Gasteiger partial charge in [0, 0.05) is 16.6 Å². The first-order valence-corrected chi connectivity index (χ1v) is 7.26. The lowest BCUT2D eigenvalue weighted by molar-refractivity contribution is -0.116. The molecule has 4 heteroatoms. The Hall–Kier alpha value is -1.81. The van der Waals surface area contributed by atoms with Gasteiger partial charge in [0.2, 0.25) is 5.91 Å². The molecule has 2 rings (SSSR count). The van der Waals surface area contributed by atoms with Gasteiger partial charge in [-0.25, -0.2) is 0 Å². The van der Waals surface area contributed by atoms with Crippen LogP contribution in [0.3, 0.4) is 0 Å². The van der Waals surface area contributed by atoms with Gasteiger partial charge in [-0.1, -0.05) is 40.2 Å². The molecule has 2 aromatic carbocycles. The zero-order valence-electron chi connectivity index (χ0n) is 11.0. The van der Waals surface area contributed by atoms with Gasteiger partial charge in [0.15, 0.2) is 0 Å². The molecule has 0 unspecified atom stereocenters. The maximum Gasteiger partial charge on any atom is 0.224 e. The van der Waals surface area contributed by atoms with E-state index in [0.717, 1.165) is 15.9 Å². The van der Waals surface area contributed by atoms with Gasteiger partial charge in [-0.2, -0.15) is 0 Å². The summed E-state index contributed by atoms with van der Waals surface area (Å²) in [7, 11) is 0. The molecule has 2 aromatic rings. The van der Waals surface area contributed by atoms with Gasteiger partial charge in [0.1, 0.15) is 5.75 Å². The summed E-state index contributed by atoms with van der Waals surface area (Å²) >= 11 is 3.39. The maximum atomic E-state index is 11.7. The van der Waals surface area contributed by atoms with Crippen molar-refractivity contribution in [3.05, 3.63) is 59.1 Å². The summed E-state index contributed by atoms with van der Waals surface area (Å²) in [6, 6.07) is 17.1. The second-order valence-corrected chi connectivity index (χ2v) is 5.24. The second-order valence-electron chi connectivity index (χ2n) is 4.32. The molecule has 0 atom stereocenters. The van der Waals surface area contributed by atoms with Gasteiger partial charge < -0.3 is 10.1 Å². The number of ether oxygens (including phenoxy) is 1. The number of anilines is 1. The molecule has 0 bridgehead atoms. The highest BCUT2D eigenvalue weighted by atomic mass is 79.9. The molecule has 0 fully saturated rings. The van der Waals surface area contributed by atoms with Gasteiger partial charge in [0.05, 0.1) is 6.61 Å². The number of hydrogen-bond acceptors (Lipinski definition) is 2. The minimum atomic E-state index is 0.00837. The lowest BCUT2D eigenvalue weighted by atomic mass is 10.2. The van der Waals surface area contributed by atoms with Crippen molar-refractivity contribution in [1.29, 1.82) is 0 Å². The summed E-state index contributed by atoms with van der Waals surface area (Å²) in [5, 5.41) is 2.85. The van der Waals surface area contributed by atoms with Crippen LogP contribution in [0.5, 0.6) is 5.75 Å². The number of rotatable bonds is 6. The van der Waals surface area contributed by atoms with Crippen molar-refractivity contribution in [2.24, 2.45) is 0 Å². The summed E-state index contributed by atoms with van der Waals surface area (Å²) in [5.41, 5.74) is 0.824. The molecule has 20 heavy (non-hydrogen) atoms. The van der Waals surface area contributed by atoms with Crippen LogP contribution in [0.15, 0.2) is 59.1 Å². The number of hydrogen-bond donors (Lipinski definition) is 1. The Morgan fingerprint density at radius 3 is 2.65 bits per heavy atom. The van der Waals surface area contributed by atoms with Crippen molar-refractivity contribution in [2.75, 3.05) is 11.9 Å². The maximum absolute atomic E-state index is 11.7. The Balaban J connectivity index is 1.67. The van der Waals surface area contributed by atoms with Crippen LogP contribution in [0, 0.1) is 0 Å². The number of halogens is 1. The highest BCUT2D eigenvalue weighted by molar-refractivity contribution is 9.10. The van der Waals surface area contributed by atoms with Crippen LogP contribution in [-0.2, 0) is 4.79 Å². The number of carbonyl (C=O) groups excluding carboxylic acids is 1. The third kappa shape index (κ3) is 5.05. The predicted molar refractivity (Wildman–Crippen MR) is 83.9 cm³/mol. The third-order valence-corrected chi connectivity index (χ3v) is 3.16. The molecule has 104 valence electrons. The van der Waals surface area contributed by atoms with Gasteiger partial charge >= 0.3 is 0 Å². The zero-order chi connectivity index (χ0) is 14.2. The number of carbonyl (C=O) groups is 1. The molecule has 0 aliphatic rings. The first-order chi connectivity index (χ1) is 9.74. The molecule has 1 N–H and O–H groups in total. The molecular formula is C16H16BrNO2. The molecule has 3 nitrogen and oxygen atoms in total. The molecule has 0 spiro atoms. The summed E-state index contributed by atoms with van der Waals surface area (Å²) in [5.74, 6) is 0.817. The average Bonchev–Trinajstić information content (AvgIpc) is 2.45. The Morgan fingerprint density at radius 2 is 1.90 bits per heavy atom. The van der Waals surface area contributed by atoms with Crippen LogP contribution < -0.4 is 10.1 Å². The molecule has 0 heterocycles. The van der Waals surface area contributed by atoms with Crippen molar-refractivity contribution in [1.82, 2.24) is 0 Å². The van der Waals surface area contributed by atoms with Crippen molar-refractivity contribution in [2.45, 2.75) is 12.8 Å². The molecule has 0 aliphatic carbocycles. The molecule has 1 amide bonds. The summed E-state index contributed by atoms with van der Waals surface area (Å²) in [6.45, 7) is 0.526. The Morgan fingerprint density at radius 1 is 1.10 bits per heavy atom. The number of amides is 1. The van der Waals surface area contributed by atoms with E-state index in [2.05, 4.69) is 21.2 Å². The summed E-state index contributed by atoms with van der Waals surface area (Å²) in [4.78, 5) is 11.7. The van der Waals surface area contributed by atoms with Crippen molar-refractivity contribution >= 4 is 27.5 Å². The van der Waals surface area contributed by atoms with Crippen LogP contribution in [0.25, 0.3) is 0 Å².